The van der Waals surface area contributed by atoms with Crippen molar-refractivity contribution in [3.63, 3.8) is 0 Å². The number of hydrogen-bond acceptors (Lipinski definition) is 5. The Morgan fingerprint density at radius 3 is 2.45 bits per heavy atom. The Morgan fingerprint density at radius 2 is 1.71 bits per heavy atom. The Hall–Kier alpha value is -3.98. The minimum absolute atomic E-state index is 0.109. The van der Waals surface area contributed by atoms with Crippen LogP contribution in [0.3, 0.4) is 0 Å². The van der Waals surface area contributed by atoms with Gasteiger partial charge in [0.1, 0.15) is 0 Å². The van der Waals surface area contributed by atoms with Gasteiger partial charge < -0.3 is 10.0 Å². The van der Waals surface area contributed by atoms with Gasteiger partial charge in [-0.25, -0.2) is 4.98 Å². The van der Waals surface area contributed by atoms with E-state index in [4.69, 9.17) is 4.98 Å². The van der Waals surface area contributed by atoms with Crippen molar-refractivity contribution in [2.75, 3.05) is 18.0 Å². The second-order valence-corrected chi connectivity index (χ2v) is 9.38. The van der Waals surface area contributed by atoms with E-state index >= 15 is 0 Å². The Bertz CT molecular complexity index is 1460. The smallest absolute Gasteiger partial charge is 0.391 e. The Kier molecular flexibility index (Phi) is 7.28. The lowest BCUT2D eigenvalue weighted by atomic mass is 9.99. The van der Waals surface area contributed by atoms with E-state index < -0.39 is 23.4 Å². The molecular formula is C29H27F3N4O2. The van der Waals surface area contributed by atoms with Crippen LogP contribution in [0.5, 0.6) is 0 Å². The summed E-state index contributed by atoms with van der Waals surface area (Å²) in [6, 6.07) is 18.0. The van der Waals surface area contributed by atoms with E-state index in [0.717, 1.165) is 17.7 Å². The number of benzene rings is 2. The number of aliphatic hydroxyl groups is 1. The van der Waals surface area contributed by atoms with E-state index in [9.17, 15) is 23.1 Å². The third kappa shape index (κ3) is 5.47. The molecule has 1 unspecified atom stereocenters. The molecule has 38 heavy (non-hydrogen) atoms. The highest BCUT2D eigenvalue weighted by atomic mass is 19.4. The molecule has 0 spiro atoms. The molecule has 0 saturated carbocycles. The van der Waals surface area contributed by atoms with Crippen molar-refractivity contribution in [3.8, 4) is 22.4 Å². The zero-order valence-electron chi connectivity index (χ0n) is 20.6. The minimum atomic E-state index is -4.54. The van der Waals surface area contributed by atoms with E-state index in [1.54, 1.807) is 24.5 Å². The van der Waals surface area contributed by atoms with Gasteiger partial charge in [-0.05, 0) is 54.7 Å². The second-order valence-electron chi connectivity index (χ2n) is 9.38. The Labute approximate surface area is 218 Å². The normalized spacial score (nSPS) is 14.3. The van der Waals surface area contributed by atoms with Crippen molar-refractivity contribution in [2.45, 2.75) is 38.1 Å². The van der Waals surface area contributed by atoms with Gasteiger partial charge in [0, 0.05) is 37.6 Å². The molecular weight excluding hydrogens is 493 g/mol. The predicted octanol–water partition coefficient (Wildman–Crippen LogP) is 5.19. The summed E-state index contributed by atoms with van der Waals surface area (Å²) in [7, 11) is 0. The van der Waals surface area contributed by atoms with Gasteiger partial charge >= 0.3 is 6.18 Å². The van der Waals surface area contributed by atoms with E-state index in [2.05, 4.69) is 4.98 Å². The number of β-amino-alcohol motifs (C(OH)–C–C–N with tert-alkyl or cyclic N) is 1. The molecule has 2 aromatic carbocycles. The molecule has 0 saturated heterocycles. The largest absolute Gasteiger partial charge is 0.416 e. The van der Waals surface area contributed by atoms with E-state index in [1.807, 2.05) is 35.2 Å². The average Bonchev–Trinajstić information content (AvgIpc) is 2.93. The SMILES string of the molecule is O=c1c(-c2cccc(C(F)(F)F)c2)c(-c2ccncc2)nc2n1CCCN2CC(O)CCc1ccccc1. The molecule has 9 heteroatoms. The van der Waals surface area contributed by atoms with Gasteiger partial charge in [-0.2, -0.15) is 13.2 Å². The fourth-order valence-corrected chi connectivity index (χ4v) is 4.83. The van der Waals surface area contributed by atoms with Gasteiger partial charge in [-0.3, -0.25) is 14.3 Å². The maximum atomic E-state index is 13.8. The first-order valence-electron chi connectivity index (χ1n) is 12.5. The van der Waals surface area contributed by atoms with Crippen LogP contribution in [0.1, 0.15) is 24.0 Å². The Balaban J connectivity index is 1.54. The van der Waals surface area contributed by atoms with Crippen LogP contribution in [0.15, 0.2) is 83.9 Å². The van der Waals surface area contributed by atoms with Gasteiger partial charge in [0.25, 0.3) is 5.56 Å². The minimum Gasteiger partial charge on any atom is -0.391 e. The molecule has 3 heterocycles. The fraction of sp³-hybridized carbons (Fsp3) is 0.276. The van der Waals surface area contributed by atoms with Gasteiger partial charge in [0.05, 0.1) is 22.9 Å². The van der Waals surface area contributed by atoms with Crippen LogP contribution < -0.4 is 10.5 Å². The topological polar surface area (TPSA) is 71.2 Å². The van der Waals surface area contributed by atoms with Crippen LogP contribution in [0.4, 0.5) is 19.1 Å². The van der Waals surface area contributed by atoms with Crippen LogP contribution >= 0.6 is 0 Å². The molecule has 0 bridgehead atoms. The summed E-state index contributed by atoms with van der Waals surface area (Å²) >= 11 is 0. The molecule has 1 atom stereocenters. The standard InChI is InChI=1S/C29H27F3N4O2/c30-29(31,32)23-9-4-8-22(18-23)25-26(21-12-14-33-15-13-21)34-28-35(16-5-17-36(28)27(25)38)19-24(37)11-10-20-6-2-1-3-7-20/h1-4,6-9,12-15,18,24,37H,5,10-11,16-17,19H2. The number of halogens is 3. The maximum Gasteiger partial charge on any atom is 0.416 e. The zero-order chi connectivity index (χ0) is 26.7. The number of aromatic nitrogens is 3. The molecule has 4 aromatic rings. The molecule has 6 nitrogen and oxygen atoms in total. The average molecular weight is 521 g/mol. The summed E-state index contributed by atoms with van der Waals surface area (Å²) in [6.07, 6.45) is -0.180. The highest BCUT2D eigenvalue weighted by Crippen LogP contribution is 2.35. The van der Waals surface area contributed by atoms with E-state index in [0.29, 0.717) is 43.9 Å². The molecule has 0 aliphatic carbocycles. The van der Waals surface area contributed by atoms with Crippen LogP contribution in [-0.2, 0) is 19.1 Å². The van der Waals surface area contributed by atoms with Crippen LogP contribution in [0.25, 0.3) is 22.4 Å². The summed E-state index contributed by atoms with van der Waals surface area (Å²) in [5.41, 5.74) is 1.00. The zero-order valence-corrected chi connectivity index (χ0v) is 20.6. The second kappa shape index (κ2) is 10.8. The van der Waals surface area contributed by atoms with Crippen molar-refractivity contribution in [3.05, 3.63) is 101 Å². The van der Waals surface area contributed by atoms with E-state index in [-0.39, 0.29) is 23.4 Å². The van der Waals surface area contributed by atoms with Crippen LogP contribution in [0.2, 0.25) is 0 Å². The van der Waals surface area contributed by atoms with Gasteiger partial charge in [-0.1, -0.05) is 42.5 Å². The highest BCUT2D eigenvalue weighted by molar-refractivity contribution is 5.81. The van der Waals surface area contributed by atoms with Crippen molar-refractivity contribution in [1.29, 1.82) is 0 Å². The number of aryl methyl sites for hydroxylation is 1. The summed E-state index contributed by atoms with van der Waals surface area (Å²) in [5.74, 6) is 0.405. The Morgan fingerprint density at radius 1 is 0.947 bits per heavy atom. The number of fused-ring (bicyclic) bond motifs is 1. The summed E-state index contributed by atoms with van der Waals surface area (Å²) in [6.45, 7) is 1.28. The number of alkyl halides is 3. The lowest BCUT2D eigenvalue weighted by Crippen LogP contribution is -2.43. The van der Waals surface area contributed by atoms with Crippen molar-refractivity contribution < 1.29 is 18.3 Å². The number of rotatable bonds is 7. The lowest BCUT2D eigenvalue weighted by Gasteiger charge is -2.33. The molecule has 196 valence electrons. The highest BCUT2D eigenvalue weighted by Gasteiger charge is 2.32. The monoisotopic (exact) mass is 520 g/mol. The number of aliphatic hydroxyl groups excluding tert-OH is 1. The van der Waals surface area contributed by atoms with Crippen molar-refractivity contribution in [1.82, 2.24) is 14.5 Å². The molecule has 0 radical (unpaired) electrons. The fourth-order valence-electron chi connectivity index (χ4n) is 4.83. The first-order chi connectivity index (χ1) is 18.3. The van der Waals surface area contributed by atoms with Gasteiger partial charge in [0.15, 0.2) is 0 Å². The maximum absolute atomic E-state index is 13.8. The number of anilines is 1. The first-order valence-corrected chi connectivity index (χ1v) is 12.5. The van der Waals surface area contributed by atoms with Crippen molar-refractivity contribution in [2.24, 2.45) is 0 Å². The molecule has 5 rings (SSSR count). The number of pyridine rings is 1. The summed E-state index contributed by atoms with van der Waals surface area (Å²) < 4.78 is 42.0. The molecule has 0 amide bonds. The number of hydrogen-bond donors (Lipinski definition) is 1. The first kappa shape index (κ1) is 25.7. The van der Waals surface area contributed by atoms with E-state index in [1.165, 1.54) is 16.7 Å². The lowest BCUT2D eigenvalue weighted by molar-refractivity contribution is -0.137. The predicted molar refractivity (Wildman–Crippen MR) is 140 cm³/mol. The molecule has 0 fully saturated rings. The molecule has 1 aliphatic heterocycles. The van der Waals surface area contributed by atoms with Gasteiger partial charge in [0.2, 0.25) is 5.95 Å². The number of nitrogens with zero attached hydrogens (tertiary/aromatic N) is 4. The molecule has 1 aliphatic rings. The molecule has 1 N–H and O–H groups in total. The third-order valence-corrected chi connectivity index (χ3v) is 6.71. The van der Waals surface area contributed by atoms with Gasteiger partial charge in [-0.15, -0.1) is 0 Å². The third-order valence-electron chi connectivity index (χ3n) is 6.71. The summed E-state index contributed by atoms with van der Waals surface area (Å²) in [4.78, 5) is 24.6. The molecule has 2 aromatic heterocycles. The van der Waals surface area contributed by atoms with Crippen LogP contribution in [0, 0.1) is 0 Å². The quantitative estimate of drug-likeness (QED) is 0.363. The van der Waals surface area contributed by atoms with Crippen molar-refractivity contribution >= 4 is 5.95 Å². The van der Waals surface area contributed by atoms with Crippen LogP contribution in [-0.4, -0.2) is 38.8 Å². The summed E-state index contributed by atoms with van der Waals surface area (Å²) in [5, 5.41) is 10.8.